The number of aromatic amines is 1. The van der Waals surface area contributed by atoms with Gasteiger partial charge in [-0.1, -0.05) is 0 Å². The van der Waals surface area contributed by atoms with Crippen LogP contribution in [-0.2, 0) is 0 Å². The molecule has 1 aliphatic carbocycles. The van der Waals surface area contributed by atoms with Gasteiger partial charge in [0.05, 0.1) is 12.5 Å². The van der Waals surface area contributed by atoms with Crippen molar-refractivity contribution in [3.05, 3.63) is 18.2 Å². The molecule has 2 N–H and O–H groups in total. The van der Waals surface area contributed by atoms with Crippen molar-refractivity contribution in [2.24, 2.45) is 5.92 Å². The van der Waals surface area contributed by atoms with Crippen LogP contribution in [0.3, 0.4) is 0 Å². The Morgan fingerprint density at radius 1 is 1.75 bits per heavy atom. The molecule has 0 unspecified atom stereocenters. The second kappa shape index (κ2) is 2.97. The van der Waals surface area contributed by atoms with Crippen LogP contribution in [0.1, 0.15) is 23.3 Å². The Morgan fingerprint density at radius 2 is 2.58 bits per heavy atom. The zero-order chi connectivity index (χ0) is 8.39. The average Bonchev–Trinajstić information content (AvgIpc) is 2.74. The van der Waals surface area contributed by atoms with Crippen molar-refractivity contribution in [3.63, 3.8) is 0 Å². The summed E-state index contributed by atoms with van der Waals surface area (Å²) < 4.78 is 0. The van der Waals surface area contributed by atoms with Gasteiger partial charge in [-0.3, -0.25) is 4.79 Å². The number of hydrogen-bond acceptors (Lipinski definition) is 2. The van der Waals surface area contributed by atoms with E-state index in [2.05, 4.69) is 15.3 Å². The van der Waals surface area contributed by atoms with E-state index in [-0.39, 0.29) is 5.91 Å². The van der Waals surface area contributed by atoms with E-state index in [1.807, 2.05) is 0 Å². The van der Waals surface area contributed by atoms with Gasteiger partial charge in [-0.15, -0.1) is 0 Å². The first kappa shape index (κ1) is 7.34. The van der Waals surface area contributed by atoms with Crippen LogP contribution in [0.15, 0.2) is 12.5 Å². The molecular formula is C8H11N3O. The summed E-state index contributed by atoms with van der Waals surface area (Å²) in [5.74, 6) is 0.663. The summed E-state index contributed by atoms with van der Waals surface area (Å²) in [6.07, 6.45) is 5.54. The standard InChI is InChI=1S/C8H11N3O/c12-8(7-4-9-5-11-7)10-3-6-1-2-6/h4-6H,1-3H2,(H,9,11)(H,10,12). The lowest BCUT2D eigenvalue weighted by molar-refractivity contribution is 0.0947. The molecule has 1 aliphatic rings. The number of imidazole rings is 1. The molecule has 0 saturated heterocycles. The Morgan fingerprint density at radius 3 is 3.17 bits per heavy atom. The number of H-pyrrole nitrogens is 1. The molecule has 0 bridgehead atoms. The van der Waals surface area contributed by atoms with Crippen molar-refractivity contribution in [2.75, 3.05) is 6.54 Å². The highest BCUT2D eigenvalue weighted by Gasteiger charge is 2.21. The Hall–Kier alpha value is -1.32. The fraction of sp³-hybridized carbons (Fsp3) is 0.500. The quantitative estimate of drug-likeness (QED) is 0.687. The molecule has 1 aromatic rings. The van der Waals surface area contributed by atoms with Gasteiger partial charge in [0.15, 0.2) is 0 Å². The first-order valence-corrected chi connectivity index (χ1v) is 4.13. The third-order valence-corrected chi connectivity index (χ3v) is 1.99. The maximum absolute atomic E-state index is 11.3. The van der Waals surface area contributed by atoms with Gasteiger partial charge in [-0.2, -0.15) is 0 Å². The molecule has 64 valence electrons. The lowest BCUT2D eigenvalue weighted by Crippen LogP contribution is -2.25. The minimum Gasteiger partial charge on any atom is -0.350 e. The Balaban J connectivity index is 1.83. The van der Waals surface area contributed by atoms with Gasteiger partial charge in [-0.25, -0.2) is 4.98 Å². The summed E-state index contributed by atoms with van der Waals surface area (Å²) in [4.78, 5) is 17.8. The van der Waals surface area contributed by atoms with Gasteiger partial charge in [0.1, 0.15) is 5.69 Å². The predicted molar refractivity (Wildman–Crippen MR) is 43.6 cm³/mol. The number of carbonyl (C=O) groups excluding carboxylic acids is 1. The number of rotatable bonds is 3. The smallest absolute Gasteiger partial charge is 0.269 e. The molecule has 1 fully saturated rings. The summed E-state index contributed by atoms with van der Waals surface area (Å²) in [5.41, 5.74) is 0.538. The lowest BCUT2D eigenvalue weighted by Gasteiger charge is -1.99. The second-order valence-corrected chi connectivity index (χ2v) is 3.12. The first-order valence-electron chi connectivity index (χ1n) is 4.13. The van der Waals surface area contributed by atoms with Crippen molar-refractivity contribution in [1.82, 2.24) is 15.3 Å². The fourth-order valence-corrected chi connectivity index (χ4v) is 1.03. The molecule has 1 amide bonds. The molecule has 0 aromatic carbocycles. The van der Waals surface area contributed by atoms with Gasteiger partial charge < -0.3 is 10.3 Å². The highest BCUT2D eigenvalue weighted by atomic mass is 16.1. The molecular weight excluding hydrogens is 154 g/mol. The van der Waals surface area contributed by atoms with Gasteiger partial charge in [0.25, 0.3) is 5.91 Å². The van der Waals surface area contributed by atoms with Crippen molar-refractivity contribution in [3.8, 4) is 0 Å². The summed E-state index contributed by atoms with van der Waals surface area (Å²) in [6, 6.07) is 0. The van der Waals surface area contributed by atoms with E-state index in [9.17, 15) is 4.79 Å². The van der Waals surface area contributed by atoms with E-state index >= 15 is 0 Å². The van der Waals surface area contributed by atoms with Crippen LogP contribution < -0.4 is 5.32 Å². The molecule has 1 aromatic heterocycles. The number of aromatic nitrogens is 2. The van der Waals surface area contributed by atoms with Crippen LogP contribution in [-0.4, -0.2) is 22.4 Å². The number of nitrogens with zero attached hydrogens (tertiary/aromatic N) is 1. The van der Waals surface area contributed by atoms with Crippen LogP contribution >= 0.6 is 0 Å². The average molecular weight is 165 g/mol. The van der Waals surface area contributed by atoms with E-state index in [0.29, 0.717) is 5.69 Å². The number of carbonyl (C=O) groups is 1. The Kier molecular flexibility index (Phi) is 1.81. The molecule has 1 saturated carbocycles. The second-order valence-electron chi connectivity index (χ2n) is 3.12. The largest absolute Gasteiger partial charge is 0.350 e. The summed E-state index contributed by atoms with van der Waals surface area (Å²) in [7, 11) is 0. The Labute approximate surface area is 70.4 Å². The normalized spacial score (nSPS) is 16.0. The van der Waals surface area contributed by atoms with Crippen LogP contribution in [0.5, 0.6) is 0 Å². The van der Waals surface area contributed by atoms with Crippen LogP contribution in [0.25, 0.3) is 0 Å². The zero-order valence-electron chi connectivity index (χ0n) is 6.71. The van der Waals surface area contributed by atoms with E-state index in [1.54, 1.807) is 0 Å². The number of amides is 1. The Bertz CT molecular complexity index is 264. The minimum atomic E-state index is -0.0561. The van der Waals surface area contributed by atoms with Gasteiger partial charge in [0.2, 0.25) is 0 Å². The zero-order valence-corrected chi connectivity index (χ0v) is 6.71. The minimum absolute atomic E-state index is 0.0561. The van der Waals surface area contributed by atoms with Crippen molar-refractivity contribution < 1.29 is 4.79 Å². The van der Waals surface area contributed by atoms with Crippen LogP contribution in [0.4, 0.5) is 0 Å². The SMILES string of the molecule is O=C(NCC1CC1)c1cnc[nH]1. The van der Waals surface area contributed by atoms with E-state index in [1.165, 1.54) is 25.4 Å². The van der Waals surface area contributed by atoms with Crippen molar-refractivity contribution in [2.45, 2.75) is 12.8 Å². The molecule has 4 nitrogen and oxygen atoms in total. The van der Waals surface area contributed by atoms with E-state index in [0.717, 1.165) is 12.5 Å². The number of nitrogens with one attached hydrogen (secondary N) is 2. The van der Waals surface area contributed by atoms with Crippen molar-refractivity contribution >= 4 is 5.91 Å². The fourth-order valence-electron chi connectivity index (χ4n) is 1.03. The van der Waals surface area contributed by atoms with Gasteiger partial charge in [-0.05, 0) is 18.8 Å². The monoisotopic (exact) mass is 165 g/mol. The maximum Gasteiger partial charge on any atom is 0.269 e. The molecule has 12 heavy (non-hydrogen) atoms. The van der Waals surface area contributed by atoms with Crippen LogP contribution in [0, 0.1) is 5.92 Å². The third-order valence-electron chi connectivity index (χ3n) is 1.99. The molecule has 4 heteroatoms. The highest BCUT2D eigenvalue weighted by Crippen LogP contribution is 2.27. The predicted octanol–water partition coefficient (Wildman–Crippen LogP) is 0.549. The molecule has 0 atom stereocenters. The van der Waals surface area contributed by atoms with E-state index in [4.69, 9.17) is 0 Å². The molecule has 1 heterocycles. The lowest BCUT2D eigenvalue weighted by atomic mass is 10.4. The van der Waals surface area contributed by atoms with Gasteiger partial charge in [0, 0.05) is 6.54 Å². The van der Waals surface area contributed by atoms with Gasteiger partial charge >= 0.3 is 0 Å². The third kappa shape index (κ3) is 1.64. The van der Waals surface area contributed by atoms with Crippen molar-refractivity contribution in [1.29, 1.82) is 0 Å². The molecule has 0 spiro atoms. The van der Waals surface area contributed by atoms with E-state index < -0.39 is 0 Å². The topological polar surface area (TPSA) is 57.8 Å². The molecule has 0 radical (unpaired) electrons. The number of hydrogen-bond donors (Lipinski definition) is 2. The summed E-state index contributed by atoms with van der Waals surface area (Å²) >= 11 is 0. The summed E-state index contributed by atoms with van der Waals surface area (Å²) in [6.45, 7) is 0.803. The first-order chi connectivity index (χ1) is 5.86. The summed E-state index contributed by atoms with van der Waals surface area (Å²) in [5, 5.41) is 2.84. The highest BCUT2D eigenvalue weighted by molar-refractivity contribution is 5.91. The maximum atomic E-state index is 11.3. The molecule has 0 aliphatic heterocycles. The van der Waals surface area contributed by atoms with Crippen LogP contribution in [0.2, 0.25) is 0 Å². The molecule has 2 rings (SSSR count).